The molecule has 1 fully saturated rings. The molecule has 1 aromatic rings. The maximum atomic E-state index is 12.0. The Morgan fingerprint density at radius 3 is 2.60 bits per heavy atom. The van der Waals surface area contributed by atoms with E-state index in [9.17, 15) is 4.79 Å². The van der Waals surface area contributed by atoms with Crippen LogP contribution in [0, 0.1) is 5.92 Å². The molecule has 1 saturated carbocycles. The Labute approximate surface area is 129 Å². The summed E-state index contributed by atoms with van der Waals surface area (Å²) in [5, 5.41) is 4.22. The van der Waals surface area contributed by atoms with E-state index in [0.717, 1.165) is 37.7 Å². The van der Waals surface area contributed by atoms with Crippen molar-refractivity contribution in [3.8, 4) is 0 Å². The predicted molar refractivity (Wildman–Crippen MR) is 83.1 cm³/mol. The first kappa shape index (κ1) is 15.6. The van der Waals surface area contributed by atoms with Gasteiger partial charge in [-0.3, -0.25) is 4.79 Å². The topological polar surface area (TPSA) is 55.1 Å². The van der Waals surface area contributed by atoms with Crippen LogP contribution in [0.5, 0.6) is 0 Å². The Bertz CT molecular complexity index is 459. The second-order valence-corrected chi connectivity index (χ2v) is 6.32. The lowest BCUT2D eigenvalue weighted by Crippen LogP contribution is -2.38. The fraction of sp³-hybridized carbons (Fsp3) is 0.533. The number of nitrogens with two attached hydrogens (primary N) is 1. The molecule has 2 atom stereocenters. The van der Waals surface area contributed by atoms with Crippen molar-refractivity contribution < 1.29 is 4.79 Å². The number of halogens is 2. The van der Waals surface area contributed by atoms with Crippen molar-refractivity contribution in [3.05, 3.63) is 33.8 Å². The number of nitrogens with one attached hydrogen (secondary N) is 1. The largest absolute Gasteiger partial charge is 0.356 e. The monoisotopic (exact) mass is 314 g/mol. The summed E-state index contributed by atoms with van der Waals surface area (Å²) in [4.78, 5) is 12.0. The van der Waals surface area contributed by atoms with Crippen LogP contribution in [0.25, 0.3) is 0 Å². The molecular formula is C15H20Cl2N2O. The molecule has 0 heterocycles. The number of rotatable bonds is 4. The number of benzene rings is 1. The molecular weight excluding hydrogens is 295 g/mol. The summed E-state index contributed by atoms with van der Waals surface area (Å²) in [7, 11) is 0. The maximum Gasteiger partial charge on any atom is 0.223 e. The van der Waals surface area contributed by atoms with E-state index < -0.39 is 0 Å². The molecule has 0 radical (unpaired) electrons. The Balaban J connectivity index is 1.78. The van der Waals surface area contributed by atoms with Crippen LogP contribution in [0.4, 0.5) is 0 Å². The van der Waals surface area contributed by atoms with Crippen molar-refractivity contribution in [1.29, 1.82) is 0 Å². The standard InChI is InChI=1S/C15H20Cl2N2O/c16-12-6-10(7-13(17)9-12)4-5-19-15(20)11-2-1-3-14(18)8-11/h6-7,9,11,14H,1-5,8,18H2,(H,19,20). The zero-order valence-corrected chi connectivity index (χ0v) is 12.9. The molecule has 110 valence electrons. The minimum atomic E-state index is 0.0710. The van der Waals surface area contributed by atoms with Crippen LogP contribution in [0.3, 0.4) is 0 Å². The van der Waals surface area contributed by atoms with Crippen molar-refractivity contribution >= 4 is 29.1 Å². The minimum absolute atomic E-state index is 0.0710. The van der Waals surface area contributed by atoms with E-state index in [1.165, 1.54) is 0 Å². The van der Waals surface area contributed by atoms with Crippen LogP contribution in [0.2, 0.25) is 10.0 Å². The number of carbonyl (C=O) groups excluding carboxylic acids is 1. The van der Waals surface area contributed by atoms with Crippen molar-refractivity contribution in [2.45, 2.75) is 38.1 Å². The highest BCUT2D eigenvalue weighted by Crippen LogP contribution is 2.23. The third-order valence-corrected chi connectivity index (χ3v) is 4.16. The number of hydrogen-bond acceptors (Lipinski definition) is 2. The van der Waals surface area contributed by atoms with E-state index in [1.54, 1.807) is 6.07 Å². The quantitative estimate of drug-likeness (QED) is 0.896. The zero-order valence-electron chi connectivity index (χ0n) is 11.4. The molecule has 0 aromatic heterocycles. The van der Waals surface area contributed by atoms with Gasteiger partial charge in [-0.25, -0.2) is 0 Å². The number of carbonyl (C=O) groups is 1. The first-order valence-corrected chi connectivity index (χ1v) is 7.78. The second kappa shape index (κ2) is 7.30. The van der Waals surface area contributed by atoms with E-state index >= 15 is 0 Å². The highest BCUT2D eigenvalue weighted by atomic mass is 35.5. The summed E-state index contributed by atoms with van der Waals surface area (Å²) >= 11 is 11.9. The van der Waals surface area contributed by atoms with Gasteiger partial charge in [-0.2, -0.15) is 0 Å². The fourth-order valence-corrected chi connectivity index (χ4v) is 3.27. The Kier molecular flexibility index (Phi) is 5.70. The lowest BCUT2D eigenvalue weighted by Gasteiger charge is -2.25. The van der Waals surface area contributed by atoms with Gasteiger partial charge in [-0.1, -0.05) is 29.6 Å². The SMILES string of the molecule is NC1CCCC(C(=O)NCCc2cc(Cl)cc(Cl)c2)C1. The molecule has 0 bridgehead atoms. The molecule has 1 amide bonds. The molecule has 1 aliphatic carbocycles. The van der Waals surface area contributed by atoms with Crippen molar-refractivity contribution in [3.63, 3.8) is 0 Å². The van der Waals surface area contributed by atoms with Gasteiger partial charge in [0.25, 0.3) is 0 Å². The molecule has 1 aliphatic rings. The van der Waals surface area contributed by atoms with Gasteiger partial charge in [-0.05, 0) is 49.4 Å². The van der Waals surface area contributed by atoms with E-state index in [2.05, 4.69) is 5.32 Å². The maximum absolute atomic E-state index is 12.0. The normalized spacial score (nSPS) is 22.6. The predicted octanol–water partition coefficient (Wildman–Crippen LogP) is 3.17. The van der Waals surface area contributed by atoms with Gasteiger partial charge in [0, 0.05) is 28.5 Å². The van der Waals surface area contributed by atoms with E-state index in [1.807, 2.05) is 12.1 Å². The van der Waals surface area contributed by atoms with Crippen molar-refractivity contribution in [1.82, 2.24) is 5.32 Å². The summed E-state index contributed by atoms with van der Waals surface area (Å²) in [6.07, 6.45) is 4.55. The third-order valence-electron chi connectivity index (χ3n) is 3.72. The van der Waals surface area contributed by atoms with Crippen LogP contribution in [-0.4, -0.2) is 18.5 Å². The highest BCUT2D eigenvalue weighted by Gasteiger charge is 2.24. The van der Waals surface area contributed by atoms with E-state index in [4.69, 9.17) is 28.9 Å². The Morgan fingerprint density at radius 1 is 1.25 bits per heavy atom. The molecule has 0 spiro atoms. The van der Waals surface area contributed by atoms with E-state index in [0.29, 0.717) is 16.6 Å². The van der Waals surface area contributed by atoms with Crippen LogP contribution in [-0.2, 0) is 11.2 Å². The molecule has 20 heavy (non-hydrogen) atoms. The molecule has 0 saturated heterocycles. The van der Waals surface area contributed by atoms with Crippen molar-refractivity contribution in [2.75, 3.05) is 6.54 Å². The molecule has 3 nitrogen and oxygen atoms in total. The van der Waals surface area contributed by atoms with Gasteiger partial charge in [0.15, 0.2) is 0 Å². The van der Waals surface area contributed by atoms with Gasteiger partial charge < -0.3 is 11.1 Å². The Hall–Kier alpha value is -0.770. The average molecular weight is 315 g/mol. The van der Waals surface area contributed by atoms with Crippen LogP contribution < -0.4 is 11.1 Å². The molecule has 2 rings (SSSR count). The summed E-state index contributed by atoms with van der Waals surface area (Å²) in [5.74, 6) is 0.190. The molecule has 3 N–H and O–H groups in total. The van der Waals surface area contributed by atoms with Crippen LogP contribution in [0.15, 0.2) is 18.2 Å². The van der Waals surface area contributed by atoms with Gasteiger partial charge in [0.2, 0.25) is 5.91 Å². The summed E-state index contributed by atoms with van der Waals surface area (Å²) in [6, 6.07) is 5.62. The smallest absolute Gasteiger partial charge is 0.223 e. The summed E-state index contributed by atoms with van der Waals surface area (Å²) in [6.45, 7) is 0.598. The van der Waals surface area contributed by atoms with Crippen LogP contribution >= 0.6 is 23.2 Å². The summed E-state index contributed by atoms with van der Waals surface area (Å²) in [5.41, 5.74) is 6.94. The summed E-state index contributed by atoms with van der Waals surface area (Å²) < 4.78 is 0. The first-order chi connectivity index (χ1) is 9.54. The second-order valence-electron chi connectivity index (χ2n) is 5.44. The lowest BCUT2D eigenvalue weighted by atomic mass is 9.85. The average Bonchev–Trinajstić information content (AvgIpc) is 2.37. The lowest BCUT2D eigenvalue weighted by molar-refractivity contribution is -0.126. The zero-order chi connectivity index (χ0) is 14.5. The van der Waals surface area contributed by atoms with Gasteiger partial charge in [0.05, 0.1) is 0 Å². The van der Waals surface area contributed by atoms with Gasteiger partial charge >= 0.3 is 0 Å². The molecule has 0 aliphatic heterocycles. The molecule has 5 heteroatoms. The highest BCUT2D eigenvalue weighted by molar-refractivity contribution is 6.34. The van der Waals surface area contributed by atoms with Crippen LogP contribution in [0.1, 0.15) is 31.2 Å². The number of amides is 1. The molecule has 1 aromatic carbocycles. The van der Waals surface area contributed by atoms with Gasteiger partial charge in [0.1, 0.15) is 0 Å². The Morgan fingerprint density at radius 2 is 1.95 bits per heavy atom. The minimum Gasteiger partial charge on any atom is -0.356 e. The number of hydrogen-bond donors (Lipinski definition) is 2. The fourth-order valence-electron chi connectivity index (χ4n) is 2.70. The van der Waals surface area contributed by atoms with Crippen molar-refractivity contribution in [2.24, 2.45) is 11.7 Å². The van der Waals surface area contributed by atoms with Gasteiger partial charge in [-0.15, -0.1) is 0 Å². The molecule has 2 unspecified atom stereocenters. The van der Waals surface area contributed by atoms with E-state index in [-0.39, 0.29) is 17.9 Å². The first-order valence-electron chi connectivity index (χ1n) is 7.03. The third kappa shape index (κ3) is 4.65.